The van der Waals surface area contributed by atoms with Crippen LogP contribution in [0.5, 0.6) is 11.5 Å². The van der Waals surface area contributed by atoms with Crippen molar-refractivity contribution in [2.45, 2.75) is 31.9 Å². The molecule has 0 aliphatic carbocycles. The minimum Gasteiger partial charge on any atom is -0.493 e. The van der Waals surface area contributed by atoms with E-state index in [2.05, 4.69) is 18.3 Å². The maximum absolute atomic E-state index is 5.91. The fourth-order valence-electron chi connectivity index (χ4n) is 2.65. The predicted molar refractivity (Wildman–Crippen MR) is 74.9 cm³/mol. The summed E-state index contributed by atoms with van der Waals surface area (Å²) in [5.41, 5.74) is 1.07. The van der Waals surface area contributed by atoms with Gasteiger partial charge in [-0.05, 0) is 25.5 Å². The number of ether oxygens (including phenoxy) is 3. The summed E-state index contributed by atoms with van der Waals surface area (Å²) in [6.45, 7) is 3.91. The van der Waals surface area contributed by atoms with E-state index in [1.165, 1.54) is 0 Å². The predicted octanol–water partition coefficient (Wildman–Crippen LogP) is 2.53. The number of nitrogens with one attached hydrogen (secondary N) is 1. The number of hydrogen-bond acceptors (Lipinski definition) is 4. The zero-order valence-corrected chi connectivity index (χ0v) is 11.9. The molecule has 1 saturated heterocycles. The maximum atomic E-state index is 5.91. The summed E-state index contributed by atoms with van der Waals surface area (Å²) in [4.78, 5) is 0. The molecule has 106 valence electrons. The second-order valence-electron chi connectivity index (χ2n) is 4.72. The molecular weight excluding hydrogens is 242 g/mol. The Morgan fingerprint density at radius 1 is 1.32 bits per heavy atom. The molecule has 0 bridgehead atoms. The van der Waals surface area contributed by atoms with Crippen LogP contribution in [0.25, 0.3) is 0 Å². The molecule has 0 spiro atoms. The molecule has 0 amide bonds. The van der Waals surface area contributed by atoms with Crippen molar-refractivity contribution in [1.82, 2.24) is 5.32 Å². The molecule has 2 atom stereocenters. The number of hydrogen-bond donors (Lipinski definition) is 1. The van der Waals surface area contributed by atoms with Gasteiger partial charge in [-0.1, -0.05) is 19.1 Å². The van der Waals surface area contributed by atoms with E-state index in [-0.39, 0.29) is 6.10 Å². The number of benzene rings is 1. The van der Waals surface area contributed by atoms with Crippen molar-refractivity contribution in [3.63, 3.8) is 0 Å². The van der Waals surface area contributed by atoms with E-state index in [0.717, 1.165) is 43.1 Å². The zero-order chi connectivity index (χ0) is 13.7. The normalized spacial score (nSPS) is 23.1. The van der Waals surface area contributed by atoms with Gasteiger partial charge in [-0.15, -0.1) is 0 Å². The van der Waals surface area contributed by atoms with E-state index in [1.54, 1.807) is 14.2 Å². The third-order valence-electron chi connectivity index (χ3n) is 3.56. The minimum absolute atomic E-state index is 0.0721. The molecule has 4 nitrogen and oxygen atoms in total. The summed E-state index contributed by atoms with van der Waals surface area (Å²) >= 11 is 0. The van der Waals surface area contributed by atoms with Crippen LogP contribution in [0.3, 0.4) is 0 Å². The Hall–Kier alpha value is -1.26. The Balaban J connectivity index is 2.20. The number of rotatable bonds is 5. The molecule has 0 saturated carbocycles. The topological polar surface area (TPSA) is 39.7 Å². The highest BCUT2D eigenvalue weighted by Crippen LogP contribution is 2.39. The first-order valence-electron chi connectivity index (χ1n) is 6.86. The molecule has 1 N–H and O–H groups in total. The summed E-state index contributed by atoms with van der Waals surface area (Å²) in [7, 11) is 3.33. The summed E-state index contributed by atoms with van der Waals surface area (Å²) in [6, 6.07) is 6.46. The maximum Gasteiger partial charge on any atom is 0.166 e. The second kappa shape index (κ2) is 6.78. The lowest BCUT2D eigenvalue weighted by molar-refractivity contribution is -0.000784. The highest BCUT2D eigenvalue weighted by Gasteiger charge is 2.26. The Labute approximate surface area is 115 Å². The van der Waals surface area contributed by atoms with Crippen molar-refractivity contribution >= 4 is 0 Å². The zero-order valence-electron chi connectivity index (χ0n) is 11.9. The molecule has 1 aromatic rings. The van der Waals surface area contributed by atoms with Crippen molar-refractivity contribution in [3.05, 3.63) is 23.8 Å². The van der Waals surface area contributed by atoms with E-state index in [9.17, 15) is 0 Å². The van der Waals surface area contributed by atoms with Gasteiger partial charge in [0, 0.05) is 18.2 Å². The smallest absolute Gasteiger partial charge is 0.166 e. The van der Waals surface area contributed by atoms with Crippen LogP contribution < -0.4 is 14.8 Å². The molecule has 2 unspecified atom stereocenters. The van der Waals surface area contributed by atoms with Crippen LogP contribution >= 0.6 is 0 Å². The average molecular weight is 265 g/mol. The molecule has 1 aliphatic heterocycles. The Bertz CT molecular complexity index is 406. The molecular formula is C15H23NO3. The summed E-state index contributed by atoms with van der Waals surface area (Å²) in [5.74, 6) is 1.54. The van der Waals surface area contributed by atoms with Crippen molar-refractivity contribution in [1.29, 1.82) is 0 Å². The number of methoxy groups -OCH3 is 2. The van der Waals surface area contributed by atoms with Crippen LogP contribution in [0.1, 0.15) is 31.4 Å². The molecule has 19 heavy (non-hydrogen) atoms. The quantitative estimate of drug-likeness (QED) is 0.888. The SMILES string of the molecule is CCNC1CCOC(c2cccc(OC)c2OC)C1. The van der Waals surface area contributed by atoms with Crippen LogP contribution in [0, 0.1) is 0 Å². The molecule has 1 aliphatic rings. The minimum atomic E-state index is 0.0721. The monoisotopic (exact) mass is 265 g/mol. The van der Waals surface area contributed by atoms with E-state index in [4.69, 9.17) is 14.2 Å². The van der Waals surface area contributed by atoms with Gasteiger partial charge in [-0.2, -0.15) is 0 Å². The Kier molecular flexibility index (Phi) is 5.05. The molecule has 1 fully saturated rings. The van der Waals surface area contributed by atoms with E-state index >= 15 is 0 Å². The lowest BCUT2D eigenvalue weighted by Crippen LogP contribution is -2.36. The highest BCUT2D eigenvalue weighted by atomic mass is 16.5. The second-order valence-corrected chi connectivity index (χ2v) is 4.72. The third kappa shape index (κ3) is 3.19. The summed E-state index contributed by atoms with van der Waals surface area (Å²) in [5, 5.41) is 3.50. The van der Waals surface area contributed by atoms with Crippen LogP contribution in [-0.2, 0) is 4.74 Å². The van der Waals surface area contributed by atoms with Gasteiger partial charge in [-0.3, -0.25) is 0 Å². The van der Waals surface area contributed by atoms with Gasteiger partial charge in [0.2, 0.25) is 0 Å². The van der Waals surface area contributed by atoms with Crippen molar-refractivity contribution in [2.75, 3.05) is 27.4 Å². The molecule has 0 radical (unpaired) electrons. The molecule has 2 rings (SSSR count). The van der Waals surface area contributed by atoms with E-state index in [0.29, 0.717) is 6.04 Å². The van der Waals surface area contributed by atoms with Crippen molar-refractivity contribution in [2.24, 2.45) is 0 Å². The highest BCUT2D eigenvalue weighted by molar-refractivity contribution is 5.47. The van der Waals surface area contributed by atoms with Crippen LogP contribution in [-0.4, -0.2) is 33.4 Å². The standard InChI is InChI=1S/C15H23NO3/c1-4-16-11-8-9-19-14(10-11)12-6-5-7-13(17-2)15(12)18-3/h5-7,11,14,16H,4,8-10H2,1-3H3. The molecule has 1 aromatic carbocycles. The molecule has 4 heteroatoms. The van der Waals surface area contributed by atoms with Gasteiger partial charge >= 0.3 is 0 Å². The van der Waals surface area contributed by atoms with Gasteiger partial charge in [-0.25, -0.2) is 0 Å². The first-order chi connectivity index (χ1) is 9.30. The van der Waals surface area contributed by atoms with Crippen molar-refractivity contribution in [3.8, 4) is 11.5 Å². The van der Waals surface area contributed by atoms with Gasteiger partial charge in [0.05, 0.1) is 20.3 Å². The lowest BCUT2D eigenvalue weighted by atomic mass is 9.96. The van der Waals surface area contributed by atoms with E-state index < -0.39 is 0 Å². The van der Waals surface area contributed by atoms with Crippen molar-refractivity contribution < 1.29 is 14.2 Å². The molecule has 0 aromatic heterocycles. The summed E-state index contributed by atoms with van der Waals surface area (Å²) in [6.07, 6.45) is 2.11. The molecule has 1 heterocycles. The van der Waals surface area contributed by atoms with Crippen LogP contribution in [0.15, 0.2) is 18.2 Å². The lowest BCUT2D eigenvalue weighted by Gasteiger charge is -2.31. The fraction of sp³-hybridized carbons (Fsp3) is 0.600. The largest absolute Gasteiger partial charge is 0.493 e. The third-order valence-corrected chi connectivity index (χ3v) is 3.56. The first kappa shape index (κ1) is 14.2. The van der Waals surface area contributed by atoms with Gasteiger partial charge in [0.25, 0.3) is 0 Å². The van der Waals surface area contributed by atoms with Gasteiger partial charge < -0.3 is 19.5 Å². The van der Waals surface area contributed by atoms with Crippen LogP contribution in [0.4, 0.5) is 0 Å². The van der Waals surface area contributed by atoms with Gasteiger partial charge in [0.15, 0.2) is 11.5 Å². The van der Waals surface area contributed by atoms with Gasteiger partial charge in [0.1, 0.15) is 0 Å². The average Bonchev–Trinajstić information content (AvgIpc) is 2.47. The van der Waals surface area contributed by atoms with E-state index in [1.807, 2.05) is 12.1 Å². The Morgan fingerprint density at radius 2 is 2.16 bits per heavy atom. The van der Waals surface area contributed by atoms with Crippen LogP contribution in [0.2, 0.25) is 0 Å². The first-order valence-corrected chi connectivity index (χ1v) is 6.86. The fourth-order valence-corrected chi connectivity index (χ4v) is 2.65. The Morgan fingerprint density at radius 3 is 2.84 bits per heavy atom. The summed E-state index contributed by atoms with van der Waals surface area (Å²) < 4.78 is 16.7. The number of para-hydroxylation sites is 1.